The second-order valence-corrected chi connectivity index (χ2v) is 11.3. The molecule has 0 spiro atoms. The van der Waals surface area contributed by atoms with Gasteiger partial charge in [-0.05, 0) is 67.3 Å². The molecule has 2 fully saturated rings. The van der Waals surface area contributed by atoms with E-state index in [4.69, 9.17) is 4.84 Å². The van der Waals surface area contributed by atoms with Crippen molar-refractivity contribution in [1.29, 1.82) is 0 Å². The van der Waals surface area contributed by atoms with Gasteiger partial charge in [-0.25, -0.2) is 9.86 Å². The van der Waals surface area contributed by atoms with Crippen molar-refractivity contribution in [2.45, 2.75) is 31.8 Å². The first kappa shape index (κ1) is 28.6. The molecule has 43 heavy (non-hydrogen) atoms. The molecule has 3 heterocycles. The fourth-order valence-electron chi connectivity index (χ4n) is 6.15. The van der Waals surface area contributed by atoms with Crippen molar-refractivity contribution in [1.82, 2.24) is 15.3 Å². The van der Waals surface area contributed by atoms with Gasteiger partial charge in [-0.3, -0.25) is 19.3 Å². The second kappa shape index (κ2) is 12.0. The maximum Gasteiger partial charge on any atom is 0.336 e. The largest absolute Gasteiger partial charge is 0.478 e. The Bertz CT molecular complexity index is 1580. The molecule has 4 N–H and O–H groups in total. The Morgan fingerprint density at radius 1 is 1.02 bits per heavy atom. The van der Waals surface area contributed by atoms with Crippen LogP contribution in [0.15, 0.2) is 66.7 Å². The van der Waals surface area contributed by atoms with Gasteiger partial charge in [0.15, 0.2) is 0 Å². The lowest BCUT2D eigenvalue weighted by Crippen LogP contribution is -2.52. The Kier molecular flexibility index (Phi) is 7.98. The molecule has 3 aromatic carbocycles. The SMILES string of the molecule is Cc1cc2c(cc1C(=O)O)NC(=O)/C2=C(/Nc1ccc(C(=O)N(C)OCCN2CC3CCC(C2)N3)cc1)c1ccccc1. The van der Waals surface area contributed by atoms with Crippen molar-refractivity contribution >= 4 is 40.4 Å². The molecule has 0 aliphatic carbocycles. The number of piperazine rings is 1. The number of fused-ring (bicyclic) bond motifs is 3. The number of nitrogens with zero attached hydrogens (tertiary/aromatic N) is 2. The minimum Gasteiger partial charge on any atom is -0.478 e. The number of likely N-dealkylation sites (tertiary alicyclic amines) is 1. The fourth-order valence-corrected chi connectivity index (χ4v) is 6.15. The van der Waals surface area contributed by atoms with Crippen LogP contribution in [-0.2, 0) is 9.63 Å². The number of hydrogen-bond acceptors (Lipinski definition) is 7. The van der Waals surface area contributed by atoms with Gasteiger partial charge < -0.3 is 21.1 Å². The van der Waals surface area contributed by atoms with Gasteiger partial charge >= 0.3 is 5.97 Å². The highest BCUT2D eigenvalue weighted by atomic mass is 16.7. The number of carbonyl (C=O) groups is 3. The van der Waals surface area contributed by atoms with Crippen molar-refractivity contribution in [2.24, 2.45) is 0 Å². The summed E-state index contributed by atoms with van der Waals surface area (Å²) < 4.78 is 0. The summed E-state index contributed by atoms with van der Waals surface area (Å²) in [5.41, 5.74) is 4.69. The zero-order chi connectivity index (χ0) is 30.1. The third-order valence-corrected chi connectivity index (χ3v) is 8.32. The second-order valence-electron chi connectivity index (χ2n) is 11.3. The van der Waals surface area contributed by atoms with Crippen LogP contribution >= 0.6 is 0 Å². The summed E-state index contributed by atoms with van der Waals surface area (Å²) in [7, 11) is 1.63. The molecular formula is C33H35N5O5. The maximum atomic E-state index is 13.2. The molecule has 2 saturated heterocycles. The van der Waals surface area contributed by atoms with Crippen LogP contribution in [0.4, 0.5) is 11.4 Å². The van der Waals surface area contributed by atoms with Gasteiger partial charge in [0.1, 0.15) is 0 Å². The van der Waals surface area contributed by atoms with Crippen molar-refractivity contribution in [3.63, 3.8) is 0 Å². The van der Waals surface area contributed by atoms with Crippen LogP contribution in [0, 0.1) is 6.92 Å². The van der Waals surface area contributed by atoms with Crippen LogP contribution in [0.2, 0.25) is 0 Å². The van der Waals surface area contributed by atoms with E-state index in [9.17, 15) is 19.5 Å². The van der Waals surface area contributed by atoms with E-state index >= 15 is 0 Å². The summed E-state index contributed by atoms with van der Waals surface area (Å²) in [5, 5.41) is 20.6. The Morgan fingerprint density at radius 2 is 1.72 bits per heavy atom. The van der Waals surface area contributed by atoms with E-state index < -0.39 is 5.97 Å². The van der Waals surface area contributed by atoms with E-state index in [0.717, 1.165) is 25.2 Å². The number of aromatic carboxylic acids is 1. The van der Waals surface area contributed by atoms with E-state index in [1.165, 1.54) is 24.0 Å². The number of amides is 2. The first-order chi connectivity index (χ1) is 20.8. The van der Waals surface area contributed by atoms with E-state index in [2.05, 4.69) is 20.9 Å². The number of hydroxylamine groups is 2. The lowest BCUT2D eigenvalue weighted by atomic mass is 9.96. The van der Waals surface area contributed by atoms with Gasteiger partial charge in [0, 0.05) is 55.6 Å². The van der Waals surface area contributed by atoms with E-state index in [-0.39, 0.29) is 17.4 Å². The number of nitrogens with one attached hydrogen (secondary N) is 3. The molecule has 0 aromatic heterocycles. The Labute approximate surface area is 250 Å². The smallest absolute Gasteiger partial charge is 0.336 e. The number of carbonyl (C=O) groups excluding carboxylic acids is 2. The summed E-state index contributed by atoms with van der Waals surface area (Å²) in [6.45, 7) is 4.96. The Hall–Kier alpha value is -4.51. The summed E-state index contributed by atoms with van der Waals surface area (Å²) >= 11 is 0. The average molecular weight is 582 g/mol. The number of aryl methyl sites for hydroxylation is 1. The Balaban J connectivity index is 1.18. The molecule has 6 rings (SSSR count). The number of rotatable bonds is 9. The third kappa shape index (κ3) is 6.03. The van der Waals surface area contributed by atoms with Crippen LogP contribution in [-0.4, -0.2) is 78.2 Å². The van der Waals surface area contributed by atoms with Crippen LogP contribution in [0.1, 0.15) is 50.2 Å². The summed E-state index contributed by atoms with van der Waals surface area (Å²) in [6, 6.07) is 20.8. The minimum absolute atomic E-state index is 0.138. The molecule has 2 amide bonds. The molecule has 10 heteroatoms. The zero-order valence-electron chi connectivity index (χ0n) is 24.2. The van der Waals surface area contributed by atoms with Gasteiger partial charge in [-0.15, -0.1) is 0 Å². The van der Waals surface area contributed by atoms with Gasteiger partial charge in [0.05, 0.1) is 29.1 Å². The molecule has 222 valence electrons. The monoisotopic (exact) mass is 581 g/mol. The number of hydrogen-bond donors (Lipinski definition) is 4. The van der Waals surface area contributed by atoms with Crippen molar-refractivity contribution in [2.75, 3.05) is 43.9 Å². The molecule has 2 unspecified atom stereocenters. The number of carboxylic acid groups (broad SMARTS) is 1. The summed E-state index contributed by atoms with van der Waals surface area (Å²) in [4.78, 5) is 46.1. The average Bonchev–Trinajstić information content (AvgIpc) is 3.51. The molecule has 2 bridgehead atoms. The van der Waals surface area contributed by atoms with Crippen molar-refractivity contribution in [3.05, 3.63) is 94.5 Å². The number of carboxylic acids is 1. The highest BCUT2D eigenvalue weighted by Crippen LogP contribution is 2.39. The molecule has 2 atom stereocenters. The van der Waals surface area contributed by atoms with Crippen LogP contribution in [0.3, 0.4) is 0 Å². The number of benzene rings is 3. The molecule has 0 saturated carbocycles. The standard InChI is InChI=1S/C33H35N5O5/c1-20-16-27-28(17-26(20)33(41)42)36-31(39)29(27)30(21-6-4-3-5-7-21)35-23-10-8-22(9-11-23)32(40)37(2)43-15-14-38-18-24-12-13-25(19-38)34-24/h3-11,16-17,24-25,34-35H,12-15,18-19H2,1-2H3,(H,36,39)(H,41,42)/b30-29+. The molecular weight excluding hydrogens is 546 g/mol. The Morgan fingerprint density at radius 3 is 2.40 bits per heavy atom. The van der Waals surface area contributed by atoms with Crippen LogP contribution in [0.5, 0.6) is 0 Å². The number of anilines is 2. The van der Waals surface area contributed by atoms with Gasteiger partial charge in [0.2, 0.25) is 0 Å². The van der Waals surface area contributed by atoms with Crippen molar-refractivity contribution < 1.29 is 24.3 Å². The fraction of sp³-hybridized carbons (Fsp3) is 0.303. The third-order valence-electron chi connectivity index (χ3n) is 8.32. The highest BCUT2D eigenvalue weighted by molar-refractivity contribution is 6.37. The molecule has 3 aliphatic rings. The van der Waals surface area contributed by atoms with E-state index in [0.29, 0.717) is 58.0 Å². The molecule has 3 aliphatic heterocycles. The van der Waals surface area contributed by atoms with Crippen LogP contribution < -0.4 is 16.0 Å². The molecule has 10 nitrogen and oxygen atoms in total. The summed E-state index contributed by atoms with van der Waals surface area (Å²) in [5.74, 6) is -1.63. The predicted molar refractivity (Wildman–Crippen MR) is 165 cm³/mol. The predicted octanol–water partition coefficient (Wildman–Crippen LogP) is 4.07. The molecule has 0 radical (unpaired) electrons. The van der Waals surface area contributed by atoms with Crippen molar-refractivity contribution in [3.8, 4) is 0 Å². The minimum atomic E-state index is -1.05. The van der Waals surface area contributed by atoms with E-state index in [1.807, 2.05) is 30.3 Å². The highest BCUT2D eigenvalue weighted by Gasteiger charge is 2.32. The van der Waals surface area contributed by atoms with Gasteiger partial charge in [-0.2, -0.15) is 0 Å². The topological polar surface area (TPSA) is 123 Å². The first-order valence-corrected chi connectivity index (χ1v) is 14.5. The molecule has 3 aromatic rings. The quantitative estimate of drug-likeness (QED) is 0.220. The zero-order valence-corrected chi connectivity index (χ0v) is 24.2. The van der Waals surface area contributed by atoms with E-state index in [1.54, 1.807) is 44.3 Å². The van der Waals surface area contributed by atoms with Gasteiger partial charge in [0.25, 0.3) is 11.8 Å². The van der Waals surface area contributed by atoms with Gasteiger partial charge in [-0.1, -0.05) is 30.3 Å². The normalized spacial score (nSPS) is 20.4. The summed E-state index contributed by atoms with van der Waals surface area (Å²) in [6.07, 6.45) is 2.45. The van der Waals surface area contributed by atoms with Crippen LogP contribution in [0.25, 0.3) is 11.3 Å². The first-order valence-electron chi connectivity index (χ1n) is 14.5. The lowest BCUT2D eigenvalue weighted by molar-refractivity contribution is -0.111. The lowest BCUT2D eigenvalue weighted by Gasteiger charge is -2.32. The maximum absolute atomic E-state index is 13.2.